The van der Waals surface area contributed by atoms with Gasteiger partial charge in [0.05, 0.1) is 16.7 Å². The van der Waals surface area contributed by atoms with E-state index in [1.807, 2.05) is 26.0 Å². The number of halogens is 2. The first-order valence-corrected chi connectivity index (χ1v) is 6.71. The molecule has 1 atom stereocenters. The van der Waals surface area contributed by atoms with E-state index in [9.17, 15) is 0 Å². The van der Waals surface area contributed by atoms with E-state index in [0.29, 0.717) is 11.4 Å². The van der Waals surface area contributed by atoms with Crippen molar-refractivity contribution in [1.29, 1.82) is 5.26 Å². The molecule has 1 rings (SSSR count). The number of anilines is 1. The van der Waals surface area contributed by atoms with Crippen LogP contribution in [0.5, 0.6) is 0 Å². The number of methoxy groups -OCH3 is 1. The van der Waals surface area contributed by atoms with Crippen molar-refractivity contribution < 1.29 is 4.74 Å². The SMILES string of the molecule is COC(C)(C)CC(C#N)Nc1ccc(Cl)c(Br)c1. The maximum atomic E-state index is 9.16. The minimum Gasteiger partial charge on any atom is -0.379 e. The Kier molecular flexibility index (Phi) is 5.46. The molecule has 0 fully saturated rings. The van der Waals surface area contributed by atoms with Crippen molar-refractivity contribution in [2.45, 2.75) is 31.9 Å². The summed E-state index contributed by atoms with van der Waals surface area (Å²) >= 11 is 9.27. The number of hydrogen-bond donors (Lipinski definition) is 1. The molecule has 1 N–H and O–H groups in total. The van der Waals surface area contributed by atoms with Gasteiger partial charge in [0.1, 0.15) is 6.04 Å². The number of nitrogens with zero attached hydrogens (tertiary/aromatic N) is 1. The zero-order valence-electron chi connectivity index (χ0n) is 10.6. The van der Waals surface area contributed by atoms with E-state index in [1.165, 1.54) is 0 Å². The summed E-state index contributed by atoms with van der Waals surface area (Å²) in [6.07, 6.45) is 0.597. The van der Waals surface area contributed by atoms with Gasteiger partial charge in [-0.25, -0.2) is 0 Å². The quantitative estimate of drug-likeness (QED) is 0.878. The summed E-state index contributed by atoms with van der Waals surface area (Å²) in [4.78, 5) is 0. The minimum absolute atomic E-state index is 0.312. The number of nitriles is 1. The molecule has 0 aliphatic carbocycles. The molecule has 1 aromatic carbocycles. The van der Waals surface area contributed by atoms with Crippen molar-refractivity contribution in [3.05, 3.63) is 27.7 Å². The molecule has 1 aromatic rings. The normalized spacial score (nSPS) is 12.9. The molecular formula is C13H16BrClN2O. The van der Waals surface area contributed by atoms with Gasteiger partial charge in [-0.15, -0.1) is 0 Å². The van der Waals surface area contributed by atoms with Gasteiger partial charge in [0.25, 0.3) is 0 Å². The van der Waals surface area contributed by atoms with Crippen LogP contribution in [0.2, 0.25) is 5.02 Å². The first kappa shape index (κ1) is 15.3. The summed E-state index contributed by atoms with van der Waals surface area (Å²) in [5.41, 5.74) is 0.515. The van der Waals surface area contributed by atoms with E-state index in [1.54, 1.807) is 13.2 Å². The predicted molar refractivity (Wildman–Crippen MR) is 77.9 cm³/mol. The molecule has 0 radical (unpaired) electrons. The lowest BCUT2D eigenvalue weighted by Gasteiger charge is -2.26. The van der Waals surface area contributed by atoms with E-state index in [4.69, 9.17) is 21.6 Å². The lowest BCUT2D eigenvalue weighted by molar-refractivity contribution is 0.0148. The Morgan fingerprint density at radius 1 is 1.56 bits per heavy atom. The van der Waals surface area contributed by atoms with Crippen molar-refractivity contribution in [1.82, 2.24) is 0 Å². The maximum Gasteiger partial charge on any atom is 0.117 e. The lowest BCUT2D eigenvalue weighted by atomic mass is 9.99. The van der Waals surface area contributed by atoms with Crippen molar-refractivity contribution in [3.8, 4) is 6.07 Å². The standard InChI is InChI=1S/C13H16BrClN2O/c1-13(2,18-3)7-10(8-16)17-9-4-5-12(15)11(14)6-9/h4-6,10,17H,7H2,1-3H3. The average molecular weight is 332 g/mol. The third-order valence-corrected chi connectivity index (χ3v) is 3.88. The van der Waals surface area contributed by atoms with Gasteiger partial charge in [0, 0.05) is 23.7 Å². The van der Waals surface area contributed by atoms with Crippen molar-refractivity contribution in [3.63, 3.8) is 0 Å². The van der Waals surface area contributed by atoms with Crippen LogP contribution in [0.15, 0.2) is 22.7 Å². The van der Waals surface area contributed by atoms with Crippen molar-refractivity contribution >= 4 is 33.2 Å². The molecule has 0 saturated carbocycles. The third-order valence-electron chi connectivity index (χ3n) is 2.66. The van der Waals surface area contributed by atoms with Crippen LogP contribution in [0.4, 0.5) is 5.69 Å². The highest BCUT2D eigenvalue weighted by atomic mass is 79.9. The van der Waals surface area contributed by atoms with E-state index < -0.39 is 0 Å². The number of benzene rings is 1. The fraction of sp³-hybridized carbons (Fsp3) is 0.462. The Balaban J connectivity index is 2.75. The Hall–Kier alpha value is -0.760. The van der Waals surface area contributed by atoms with Crippen LogP contribution in [-0.2, 0) is 4.74 Å². The Bertz CT molecular complexity index is 457. The lowest BCUT2D eigenvalue weighted by Crippen LogP contribution is -2.32. The predicted octanol–water partition coefficient (Wildman–Crippen LogP) is 4.22. The van der Waals surface area contributed by atoms with Gasteiger partial charge >= 0.3 is 0 Å². The van der Waals surface area contributed by atoms with Crippen LogP contribution in [0.1, 0.15) is 20.3 Å². The molecule has 0 aliphatic rings. The van der Waals surface area contributed by atoms with Crippen molar-refractivity contribution in [2.24, 2.45) is 0 Å². The summed E-state index contributed by atoms with van der Waals surface area (Å²) in [5, 5.41) is 13.0. The summed E-state index contributed by atoms with van der Waals surface area (Å²) in [7, 11) is 1.65. The maximum absolute atomic E-state index is 9.16. The van der Waals surface area contributed by atoms with Gasteiger partial charge in [-0.2, -0.15) is 5.26 Å². The van der Waals surface area contributed by atoms with Crippen LogP contribution in [0, 0.1) is 11.3 Å². The molecule has 0 aliphatic heterocycles. The van der Waals surface area contributed by atoms with Crippen LogP contribution in [-0.4, -0.2) is 18.8 Å². The molecule has 0 heterocycles. The van der Waals surface area contributed by atoms with E-state index in [2.05, 4.69) is 27.3 Å². The fourth-order valence-corrected chi connectivity index (χ4v) is 1.99. The van der Waals surface area contributed by atoms with Crippen LogP contribution >= 0.6 is 27.5 Å². The molecule has 0 spiro atoms. The van der Waals surface area contributed by atoms with Crippen LogP contribution in [0.3, 0.4) is 0 Å². The minimum atomic E-state index is -0.336. The summed E-state index contributed by atoms with van der Waals surface area (Å²) in [6.45, 7) is 3.91. The van der Waals surface area contributed by atoms with Gasteiger partial charge in [0.2, 0.25) is 0 Å². The molecule has 98 valence electrons. The monoisotopic (exact) mass is 330 g/mol. The zero-order chi connectivity index (χ0) is 13.8. The van der Waals surface area contributed by atoms with E-state index in [0.717, 1.165) is 10.2 Å². The highest BCUT2D eigenvalue weighted by Gasteiger charge is 2.22. The van der Waals surface area contributed by atoms with Gasteiger partial charge in [0.15, 0.2) is 0 Å². The molecular weight excluding hydrogens is 316 g/mol. The van der Waals surface area contributed by atoms with Gasteiger partial charge in [-0.1, -0.05) is 11.6 Å². The number of rotatable bonds is 5. The molecule has 0 amide bonds. The smallest absolute Gasteiger partial charge is 0.117 e. The molecule has 0 saturated heterocycles. The fourth-order valence-electron chi connectivity index (χ4n) is 1.49. The Morgan fingerprint density at radius 2 is 2.22 bits per heavy atom. The second-order valence-electron chi connectivity index (χ2n) is 4.62. The molecule has 0 aromatic heterocycles. The average Bonchev–Trinajstić information content (AvgIpc) is 2.33. The highest BCUT2D eigenvalue weighted by Crippen LogP contribution is 2.26. The van der Waals surface area contributed by atoms with Crippen LogP contribution in [0.25, 0.3) is 0 Å². The summed E-state index contributed by atoms with van der Waals surface area (Å²) in [5.74, 6) is 0. The number of hydrogen-bond acceptors (Lipinski definition) is 3. The largest absolute Gasteiger partial charge is 0.379 e. The van der Waals surface area contributed by atoms with E-state index in [-0.39, 0.29) is 11.6 Å². The van der Waals surface area contributed by atoms with Gasteiger partial charge < -0.3 is 10.1 Å². The third kappa shape index (κ3) is 4.49. The van der Waals surface area contributed by atoms with E-state index >= 15 is 0 Å². The topological polar surface area (TPSA) is 45.0 Å². The molecule has 5 heteroatoms. The molecule has 18 heavy (non-hydrogen) atoms. The Morgan fingerprint density at radius 3 is 2.72 bits per heavy atom. The van der Waals surface area contributed by atoms with Crippen LogP contribution < -0.4 is 5.32 Å². The Labute approximate surface area is 121 Å². The molecule has 0 bridgehead atoms. The van der Waals surface area contributed by atoms with Gasteiger partial charge in [-0.3, -0.25) is 0 Å². The second kappa shape index (κ2) is 6.42. The zero-order valence-corrected chi connectivity index (χ0v) is 13.0. The van der Waals surface area contributed by atoms with Gasteiger partial charge in [-0.05, 0) is 48.0 Å². The molecule has 1 unspecified atom stereocenters. The molecule has 3 nitrogen and oxygen atoms in total. The first-order chi connectivity index (χ1) is 8.38. The number of ether oxygens (including phenoxy) is 1. The first-order valence-electron chi connectivity index (χ1n) is 5.54. The summed E-state index contributed by atoms with van der Waals surface area (Å²) in [6, 6.07) is 7.40. The van der Waals surface area contributed by atoms with Crippen molar-refractivity contribution in [2.75, 3.05) is 12.4 Å². The highest BCUT2D eigenvalue weighted by molar-refractivity contribution is 9.10. The number of nitrogens with one attached hydrogen (secondary N) is 1. The second-order valence-corrected chi connectivity index (χ2v) is 5.88. The summed E-state index contributed by atoms with van der Waals surface area (Å²) < 4.78 is 6.13.